The van der Waals surface area contributed by atoms with Gasteiger partial charge in [0, 0.05) is 61.2 Å². The lowest BCUT2D eigenvalue weighted by atomic mass is 9.79. The molecule has 5 nitrogen and oxygen atoms in total. The van der Waals surface area contributed by atoms with Gasteiger partial charge in [0.25, 0.3) is 0 Å². The largest absolute Gasteiger partial charge is 0.507 e. The van der Waals surface area contributed by atoms with E-state index >= 15 is 0 Å². The Bertz CT molecular complexity index is 3430. The molecule has 0 saturated carbocycles. The van der Waals surface area contributed by atoms with Crippen molar-refractivity contribution < 1.29 is 9.52 Å². The van der Waals surface area contributed by atoms with Gasteiger partial charge < -0.3 is 14.1 Å². The summed E-state index contributed by atoms with van der Waals surface area (Å²) < 4.78 is 8.91. The maximum absolute atomic E-state index is 11.1. The number of hydrogen-bond donors (Lipinski definition) is 1. The lowest BCUT2D eigenvalue weighted by Gasteiger charge is -2.26. The molecule has 0 aliphatic rings. The van der Waals surface area contributed by atoms with Gasteiger partial charge in [0.2, 0.25) is 0 Å². The number of phenolic OH excluding ortho intramolecular Hbond substituents is 1. The number of aromatic hydroxyl groups is 1. The maximum atomic E-state index is 11.1. The van der Waals surface area contributed by atoms with Crippen molar-refractivity contribution in [2.75, 3.05) is 0 Å². The molecule has 0 bridgehead atoms. The summed E-state index contributed by atoms with van der Waals surface area (Å²) in [6.07, 6.45) is 0. The van der Waals surface area contributed by atoms with Gasteiger partial charge in [-0.25, -0.2) is 4.98 Å². The van der Waals surface area contributed by atoms with Gasteiger partial charge in [0.15, 0.2) is 0 Å². The summed E-state index contributed by atoms with van der Waals surface area (Å²) >= 11 is 0. The third-order valence-corrected chi connectivity index (χ3v) is 12.8. The van der Waals surface area contributed by atoms with Crippen LogP contribution in [0.2, 0.25) is 0 Å². The van der Waals surface area contributed by atoms with Crippen LogP contribution in [0.3, 0.4) is 0 Å². The second-order valence-electron chi connectivity index (χ2n) is 19.9. The zero-order chi connectivity index (χ0) is 45.4. The number of aromatic nitrogens is 3. The van der Waals surface area contributed by atoms with Gasteiger partial charge in [-0.3, -0.25) is 4.98 Å². The Morgan fingerprint density at radius 2 is 1.09 bits per heavy atom. The topological polar surface area (TPSA) is 64.1 Å². The number of phenols is 1. The number of benzene rings is 6. The van der Waals surface area contributed by atoms with Crippen LogP contribution in [0.1, 0.15) is 78.3 Å². The van der Waals surface area contributed by atoms with Crippen molar-refractivity contribution in [3.63, 3.8) is 0 Å². The average Bonchev–Trinajstić information content (AvgIpc) is 3.84. The molecule has 10 rings (SSSR count). The Balaban J connectivity index is 1.14. The van der Waals surface area contributed by atoms with Gasteiger partial charge in [0.1, 0.15) is 16.9 Å². The molecule has 0 atom stereocenters. The summed E-state index contributed by atoms with van der Waals surface area (Å²) in [7, 11) is 0. The van der Waals surface area contributed by atoms with Crippen molar-refractivity contribution in [2.45, 2.75) is 79.2 Å². The standard InChI is InChI=1S/C60H55N3O2/c1-36(2)63-53-22-13-10-21-49(53)57(40-25-26-47-46-19-12-15-24-55(46)65-56(47)34-40)58(63)43-27-37(3)61-50(33-43)38-17-16-18-39(28-38)51-31-42(32-52(62-51)48-20-11-14-23-54(48)64)41-29-44(59(4,5)6)35-45(30-41)60(7,8)9/h10-36,64H,1-9H3. The SMILES string of the molecule is Cc1cc(-c2c(-c3ccc4c(c3)oc3ccccc34)c3ccccc3n2C(C)C)cc(-c2cccc(-c3cc(-c4cc(C(C)(C)C)cc(C(C)(C)C)c4)cc(-c4ccccc4O)n3)c2)n1. The molecule has 10 aromatic rings. The van der Waals surface area contributed by atoms with E-state index in [1.807, 2.05) is 30.3 Å². The van der Waals surface area contributed by atoms with Crippen LogP contribution >= 0.6 is 0 Å². The fourth-order valence-corrected chi connectivity index (χ4v) is 9.38. The quantitative estimate of drug-likeness (QED) is 0.173. The highest BCUT2D eigenvalue weighted by atomic mass is 16.3. The third kappa shape index (κ3) is 7.69. The minimum absolute atomic E-state index is 0.0488. The molecule has 4 heterocycles. The van der Waals surface area contributed by atoms with Crippen molar-refractivity contribution in [3.8, 4) is 73.0 Å². The fourth-order valence-electron chi connectivity index (χ4n) is 9.38. The average molecular weight is 850 g/mol. The third-order valence-electron chi connectivity index (χ3n) is 12.8. The first-order valence-electron chi connectivity index (χ1n) is 22.7. The van der Waals surface area contributed by atoms with Crippen molar-refractivity contribution >= 4 is 32.8 Å². The van der Waals surface area contributed by atoms with E-state index in [1.165, 1.54) is 27.6 Å². The molecule has 0 amide bonds. The molecule has 0 aliphatic heterocycles. The number of furan rings is 1. The smallest absolute Gasteiger partial charge is 0.136 e. The zero-order valence-electron chi connectivity index (χ0n) is 38.8. The summed E-state index contributed by atoms with van der Waals surface area (Å²) in [5.74, 6) is 0.197. The predicted molar refractivity (Wildman–Crippen MR) is 272 cm³/mol. The van der Waals surface area contributed by atoms with Crippen LogP contribution in [-0.4, -0.2) is 19.6 Å². The number of pyridine rings is 2. The Morgan fingerprint density at radius 1 is 0.492 bits per heavy atom. The lowest BCUT2D eigenvalue weighted by Crippen LogP contribution is -2.16. The Hall–Kier alpha value is -7.24. The lowest BCUT2D eigenvalue weighted by molar-refractivity contribution is 0.477. The molecule has 0 radical (unpaired) electrons. The first kappa shape index (κ1) is 41.8. The summed E-state index contributed by atoms with van der Waals surface area (Å²) in [6.45, 7) is 20.2. The normalized spacial score (nSPS) is 12.3. The number of hydrogen-bond acceptors (Lipinski definition) is 4. The van der Waals surface area contributed by atoms with Gasteiger partial charge in [-0.05, 0) is 126 Å². The van der Waals surface area contributed by atoms with Crippen LogP contribution in [0.25, 0.3) is 100 Å². The Kier molecular flexibility index (Phi) is 10.1. The molecule has 322 valence electrons. The molecular weight excluding hydrogens is 795 g/mol. The molecule has 0 aliphatic carbocycles. The number of rotatable bonds is 7. The Morgan fingerprint density at radius 3 is 1.80 bits per heavy atom. The van der Waals surface area contributed by atoms with E-state index in [4.69, 9.17) is 14.4 Å². The van der Waals surface area contributed by atoms with E-state index in [0.717, 1.165) is 78.1 Å². The van der Waals surface area contributed by atoms with Crippen LogP contribution in [0, 0.1) is 6.92 Å². The van der Waals surface area contributed by atoms with Crippen LogP contribution in [-0.2, 0) is 10.8 Å². The highest BCUT2D eigenvalue weighted by molar-refractivity contribution is 6.09. The van der Waals surface area contributed by atoms with Gasteiger partial charge in [0.05, 0.1) is 22.8 Å². The minimum atomic E-state index is -0.0488. The molecule has 1 N–H and O–H groups in total. The van der Waals surface area contributed by atoms with E-state index < -0.39 is 0 Å². The van der Waals surface area contributed by atoms with Gasteiger partial charge in [-0.1, -0.05) is 133 Å². The van der Waals surface area contributed by atoms with Gasteiger partial charge >= 0.3 is 0 Å². The zero-order valence-corrected chi connectivity index (χ0v) is 38.8. The predicted octanol–water partition coefficient (Wildman–Crippen LogP) is 16.5. The van der Waals surface area contributed by atoms with Crippen LogP contribution in [0.4, 0.5) is 0 Å². The van der Waals surface area contributed by atoms with Crippen molar-refractivity contribution in [1.29, 1.82) is 0 Å². The van der Waals surface area contributed by atoms with Crippen LogP contribution < -0.4 is 0 Å². The molecule has 6 aromatic carbocycles. The molecular formula is C60H55N3O2. The molecule has 0 spiro atoms. The van der Waals surface area contributed by atoms with Gasteiger partial charge in [-0.15, -0.1) is 0 Å². The second-order valence-corrected chi connectivity index (χ2v) is 19.9. The fraction of sp³-hybridized carbons (Fsp3) is 0.200. The number of nitrogens with zero attached hydrogens (tertiary/aromatic N) is 3. The highest BCUT2D eigenvalue weighted by Gasteiger charge is 2.25. The molecule has 4 aromatic heterocycles. The van der Waals surface area contributed by atoms with E-state index in [2.05, 4.69) is 188 Å². The first-order chi connectivity index (χ1) is 31.1. The van der Waals surface area contributed by atoms with Crippen molar-refractivity contribution in [2.24, 2.45) is 0 Å². The van der Waals surface area contributed by atoms with Crippen molar-refractivity contribution in [1.82, 2.24) is 14.5 Å². The summed E-state index contributed by atoms with van der Waals surface area (Å²) in [6, 6.07) is 55.6. The summed E-state index contributed by atoms with van der Waals surface area (Å²) in [4.78, 5) is 10.5. The monoisotopic (exact) mass is 849 g/mol. The molecule has 0 unspecified atom stereocenters. The van der Waals surface area contributed by atoms with Gasteiger partial charge in [-0.2, -0.15) is 0 Å². The molecule has 0 saturated heterocycles. The first-order valence-corrected chi connectivity index (χ1v) is 22.7. The molecule has 0 fully saturated rings. The number of fused-ring (bicyclic) bond motifs is 4. The molecule has 5 heteroatoms. The molecule has 65 heavy (non-hydrogen) atoms. The summed E-state index contributed by atoms with van der Waals surface area (Å²) in [5, 5.41) is 14.6. The minimum Gasteiger partial charge on any atom is -0.507 e. The number of aryl methyl sites for hydroxylation is 1. The summed E-state index contributed by atoms with van der Waals surface area (Å²) in [5.41, 5.74) is 18.1. The van der Waals surface area contributed by atoms with E-state index in [-0.39, 0.29) is 22.6 Å². The number of para-hydroxylation sites is 3. The van der Waals surface area contributed by atoms with E-state index in [0.29, 0.717) is 11.3 Å². The van der Waals surface area contributed by atoms with Crippen molar-refractivity contribution in [3.05, 3.63) is 175 Å². The second kappa shape index (κ2) is 15.8. The Labute approximate surface area is 382 Å². The highest BCUT2D eigenvalue weighted by Crippen LogP contribution is 2.45. The maximum Gasteiger partial charge on any atom is 0.136 e. The van der Waals surface area contributed by atoms with E-state index in [9.17, 15) is 5.11 Å². The van der Waals surface area contributed by atoms with E-state index in [1.54, 1.807) is 6.07 Å². The van der Waals surface area contributed by atoms with Crippen LogP contribution in [0.15, 0.2) is 162 Å². The van der Waals surface area contributed by atoms with Crippen LogP contribution in [0.5, 0.6) is 5.75 Å².